The number of sulfonamides is 1. The highest BCUT2D eigenvalue weighted by atomic mass is 32.2. The zero-order valence-electron chi connectivity index (χ0n) is 11.4. The molecule has 108 valence electrons. The average molecular weight is 289 g/mol. The van der Waals surface area contributed by atoms with Gasteiger partial charge in [-0.2, -0.15) is 0 Å². The third-order valence-corrected chi connectivity index (χ3v) is 4.20. The summed E-state index contributed by atoms with van der Waals surface area (Å²) in [5.74, 6) is -0.645. The molecular weight excluding hydrogens is 269 g/mol. The molecule has 0 saturated heterocycles. The zero-order chi connectivity index (χ0) is 14.7. The lowest BCUT2D eigenvalue weighted by Crippen LogP contribution is -2.28. The van der Waals surface area contributed by atoms with Crippen molar-refractivity contribution in [2.24, 2.45) is 5.41 Å². The molecule has 0 heterocycles. The van der Waals surface area contributed by atoms with Crippen LogP contribution < -0.4 is 4.72 Å². The van der Waals surface area contributed by atoms with Crippen LogP contribution in [0.5, 0.6) is 0 Å². The number of hydrogen-bond donors (Lipinski definition) is 2. The first-order chi connectivity index (χ1) is 8.65. The predicted molar refractivity (Wildman–Crippen MR) is 71.6 cm³/mol. The molecule has 0 aromatic heterocycles. The molecule has 2 N–H and O–H groups in total. The molecule has 0 spiro atoms. The first-order valence-electron chi connectivity index (χ1n) is 6.05. The van der Waals surface area contributed by atoms with E-state index in [0.29, 0.717) is 6.42 Å². The molecular formula is C13H20FNO3S. The summed E-state index contributed by atoms with van der Waals surface area (Å²) < 4.78 is 39.7. The molecule has 0 amide bonds. The number of aliphatic hydroxyl groups is 1. The molecule has 0 aliphatic heterocycles. The number of rotatable bonds is 5. The third-order valence-electron chi connectivity index (χ3n) is 2.66. The van der Waals surface area contributed by atoms with Gasteiger partial charge in [0.25, 0.3) is 0 Å². The van der Waals surface area contributed by atoms with Gasteiger partial charge in [0.15, 0.2) is 0 Å². The number of hydrogen-bond acceptors (Lipinski definition) is 3. The summed E-state index contributed by atoms with van der Waals surface area (Å²) in [7, 11) is -3.80. The van der Waals surface area contributed by atoms with Gasteiger partial charge in [0.1, 0.15) is 5.82 Å². The molecule has 0 radical (unpaired) electrons. The average Bonchev–Trinajstić information content (AvgIpc) is 2.27. The second-order valence-electron chi connectivity index (χ2n) is 5.62. The van der Waals surface area contributed by atoms with E-state index < -0.39 is 22.4 Å². The van der Waals surface area contributed by atoms with Crippen molar-refractivity contribution in [2.45, 2.75) is 38.7 Å². The van der Waals surface area contributed by atoms with Gasteiger partial charge in [-0.3, -0.25) is 0 Å². The van der Waals surface area contributed by atoms with Crippen LogP contribution in [0.15, 0.2) is 23.1 Å². The molecule has 6 heteroatoms. The molecule has 4 nitrogen and oxygen atoms in total. The minimum atomic E-state index is -3.80. The van der Waals surface area contributed by atoms with Gasteiger partial charge in [0.05, 0.1) is 11.5 Å². The maximum atomic E-state index is 13.2. The van der Waals surface area contributed by atoms with Crippen LogP contribution in [-0.4, -0.2) is 20.1 Å². The van der Waals surface area contributed by atoms with E-state index in [1.54, 1.807) is 0 Å². The van der Waals surface area contributed by atoms with E-state index in [-0.39, 0.29) is 22.4 Å². The van der Waals surface area contributed by atoms with E-state index in [9.17, 15) is 12.8 Å². The van der Waals surface area contributed by atoms with Gasteiger partial charge in [-0.25, -0.2) is 17.5 Å². The second-order valence-corrected chi connectivity index (χ2v) is 7.35. The first-order valence-corrected chi connectivity index (χ1v) is 7.53. The summed E-state index contributed by atoms with van der Waals surface area (Å²) in [6.07, 6.45) is 0.663. The lowest BCUT2D eigenvalue weighted by Gasteiger charge is -2.18. The Morgan fingerprint density at radius 2 is 1.95 bits per heavy atom. The second kappa shape index (κ2) is 5.98. The lowest BCUT2D eigenvalue weighted by molar-refractivity contribution is 0.278. The zero-order valence-corrected chi connectivity index (χ0v) is 12.2. The monoisotopic (exact) mass is 289 g/mol. The molecule has 0 saturated carbocycles. The predicted octanol–water partition coefficient (Wildman–Crippen LogP) is 2.03. The van der Waals surface area contributed by atoms with Crippen LogP contribution in [0.25, 0.3) is 0 Å². The van der Waals surface area contributed by atoms with E-state index in [2.05, 4.69) is 4.72 Å². The normalized spacial score (nSPS) is 12.7. The Morgan fingerprint density at radius 1 is 1.32 bits per heavy atom. The number of nitrogens with one attached hydrogen (secondary N) is 1. The van der Waals surface area contributed by atoms with Crippen LogP contribution in [-0.2, 0) is 16.6 Å². The van der Waals surface area contributed by atoms with Gasteiger partial charge in [-0.05, 0) is 29.5 Å². The summed E-state index contributed by atoms with van der Waals surface area (Å²) in [4.78, 5) is -0.205. The first kappa shape index (κ1) is 16.1. The molecule has 1 rings (SSSR count). The minimum Gasteiger partial charge on any atom is -0.392 e. The van der Waals surface area contributed by atoms with Crippen LogP contribution in [0, 0.1) is 11.2 Å². The van der Waals surface area contributed by atoms with E-state index in [1.165, 1.54) is 6.07 Å². The van der Waals surface area contributed by atoms with Gasteiger partial charge in [-0.1, -0.05) is 26.8 Å². The topological polar surface area (TPSA) is 66.4 Å². The Hall–Kier alpha value is -0.980. The van der Waals surface area contributed by atoms with Gasteiger partial charge in [0.2, 0.25) is 10.0 Å². The molecule has 0 unspecified atom stereocenters. The summed E-state index contributed by atoms with van der Waals surface area (Å²) in [6, 6.07) is 3.32. The highest BCUT2D eigenvalue weighted by molar-refractivity contribution is 7.89. The molecule has 0 aliphatic rings. The fourth-order valence-electron chi connectivity index (χ4n) is 1.55. The van der Waals surface area contributed by atoms with Crippen LogP contribution in [0.1, 0.15) is 32.8 Å². The smallest absolute Gasteiger partial charge is 0.241 e. The van der Waals surface area contributed by atoms with E-state index in [0.717, 1.165) is 12.1 Å². The lowest BCUT2D eigenvalue weighted by atomic mass is 9.93. The fourth-order valence-corrected chi connectivity index (χ4v) is 2.82. The highest BCUT2D eigenvalue weighted by Crippen LogP contribution is 2.20. The Kier molecular flexibility index (Phi) is 5.06. The molecule has 0 bridgehead atoms. The van der Waals surface area contributed by atoms with Crippen molar-refractivity contribution in [3.63, 3.8) is 0 Å². The highest BCUT2D eigenvalue weighted by Gasteiger charge is 2.20. The van der Waals surface area contributed by atoms with Crippen molar-refractivity contribution in [2.75, 3.05) is 6.54 Å². The molecule has 1 aromatic rings. The van der Waals surface area contributed by atoms with E-state index in [1.807, 2.05) is 20.8 Å². The van der Waals surface area contributed by atoms with Crippen molar-refractivity contribution in [1.29, 1.82) is 0 Å². The molecule has 1 aromatic carbocycles. The van der Waals surface area contributed by atoms with Gasteiger partial charge >= 0.3 is 0 Å². The Balaban J connectivity index is 2.91. The molecule has 19 heavy (non-hydrogen) atoms. The fraction of sp³-hybridized carbons (Fsp3) is 0.538. The van der Waals surface area contributed by atoms with Crippen molar-refractivity contribution < 1.29 is 17.9 Å². The molecule has 0 aliphatic carbocycles. The maximum Gasteiger partial charge on any atom is 0.241 e. The van der Waals surface area contributed by atoms with Crippen molar-refractivity contribution in [1.82, 2.24) is 4.72 Å². The quantitative estimate of drug-likeness (QED) is 0.871. The Labute approximate surface area is 113 Å². The standard InChI is InChI=1S/C13H20FNO3S/c1-13(2,3)6-7-15-19(17,18)12-8-11(14)5-4-10(12)9-16/h4-5,8,15-16H,6-7,9H2,1-3H3. The number of halogens is 1. The number of benzene rings is 1. The van der Waals surface area contributed by atoms with Crippen LogP contribution in [0.3, 0.4) is 0 Å². The summed E-state index contributed by atoms with van der Waals surface area (Å²) in [5, 5.41) is 9.11. The van der Waals surface area contributed by atoms with Crippen LogP contribution in [0.2, 0.25) is 0 Å². The van der Waals surface area contributed by atoms with Crippen LogP contribution >= 0.6 is 0 Å². The summed E-state index contributed by atoms with van der Waals surface area (Å²) in [6.45, 7) is 5.83. The third kappa shape index (κ3) is 4.89. The van der Waals surface area contributed by atoms with Gasteiger partial charge in [0, 0.05) is 6.54 Å². The maximum absolute atomic E-state index is 13.2. The molecule has 0 atom stereocenters. The SMILES string of the molecule is CC(C)(C)CCNS(=O)(=O)c1cc(F)ccc1CO. The Morgan fingerprint density at radius 3 is 2.47 bits per heavy atom. The van der Waals surface area contributed by atoms with Crippen molar-refractivity contribution >= 4 is 10.0 Å². The van der Waals surface area contributed by atoms with Gasteiger partial charge in [-0.15, -0.1) is 0 Å². The van der Waals surface area contributed by atoms with E-state index in [4.69, 9.17) is 5.11 Å². The number of aliphatic hydroxyl groups excluding tert-OH is 1. The van der Waals surface area contributed by atoms with E-state index >= 15 is 0 Å². The summed E-state index contributed by atoms with van der Waals surface area (Å²) >= 11 is 0. The minimum absolute atomic E-state index is 0.00423. The van der Waals surface area contributed by atoms with Crippen LogP contribution in [0.4, 0.5) is 4.39 Å². The Bertz CT molecular complexity index is 535. The molecule has 0 fully saturated rings. The summed E-state index contributed by atoms with van der Waals surface area (Å²) in [5.41, 5.74) is 0.189. The van der Waals surface area contributed by atoms with Crippen molar-refractivity contribution in [3.8, 4) is 0 Å². The van der Waals surface area contributed by atoms with Crippen molar-refractivity contribution in [3.05, 3.63) is 29.6 Å². The van der Waals surface area contributed by atoms with Gasteiger partial charge < -0.3 is 5.11 Å². The largest absolute Gasteiger partial charge is 0.392 e.